The summed E-state index contributed by atoms with van der Waals surface area (Å²) in [5.41, 5.74) is 0. The molecule has 0 atom stereocenters. The maximum Gasteiger partial charge on any atom is 0.239 e. The van der Waals surface area contributed by atoms with E-state index >= 15 is 0 Å². The zero-order chi connectivity index (χ0) is 14.3. The van der Waals surface area contributed by atoms with E-state index in [0.29, 0.717) is 18.5 Å². The van der Waals surface area contributed by atoms with Gasteiger partial charge in [0.1, 0.15) is 0 Å². The smallest absolute Gasteiger partial charge is 0.239 e. The minimum Gasteiger partial charge on any atom is -0.352 e. The van der Waals surface area contributed by atoms with Crippen LogP contribution < -0.4 is 5.32 Å². The molecule has 2 amide bonds. The third-order valence-electron chi connectivity index (χ3n) is 3.59. The third-order valence-corrected chi connectivity index (χ3v) is 3.59. The molecule has 19 heavy (non-hydrogen) atoms. The van der Waals surface area contributed by atoms with Crippen LogP contribution in [0, 0.1) is 5.92 Å². The molecule has 0 unspecified atom stereocenters. The highest BCUT2D eigenvalue weighted by atomic mass is 16.2. The van der Waals surface area contributed by atoms with Gasteiger partial charge in [-0.1, -0.05) is 39.5 Å². The Morgan fingerprint density at radius 1 is 1.16 bits per heavy atom. The number of nitrogens with zero attached hydrogens (tertiary/aromatic N) is 1. The maximum absolute atomic E-state index is 12.0. The van der Waals surface area contributed by atoms with Gasteiger partial charge in [0.15, 0.2) is 0 Å². The van der Waals surface area contributed by atoms with E-state index in [1.165, 1.54) is 32.6 Å². The van der Waals surface area contributed by atoms with E-state index in [-0.39, 0.29) is 18.4 Å². The van der Waals surface area contributed by atoms with Crippen LogP contribution in [-0.2, 0) is 9.59 Å². The van der Waals surface area contributed by atoms with E-state index in [9.17, 15) is 9.59 Å². The lowest BCUT2D eigenvalue weighted by molar-refractivity contribution is -0.135. The average Bonchev–Trinajstić information content (AvgIpc) is 2.56. The predicted molar refractivity (Wildman–Crippen MR) is 76.7 cm³/mol. The number of carbonyl (C=O) groups excluding carboxylic acids is 2. The highest BCUT2D eigenvalue weighted by molar-refractivity contribution is 5.83. The molecule has 0 spiro atoms. The van der Waals surface area contributed by atoms with Crippen molar-refractivity contribution in [2.75, 3.05) is 13.1 Å². The van der Waals surface area contributed by atoms with Crippen LogP contribution in [0.1, 0.15) is 59.3 Å². The molecule has 0 aromatic heterocycles. The zero-order valence-corrected chi connectivity index (χ0v) is 12.6. The summed E-state index contributed by atoms with van der Waals surface area (Å²) in [5, 5.41) is 3.08. The summed E-state index contributed by atoms with van der Waals surface area (Å²) in [6.07, 6.45) is 7.12. The van der Waals surface area contributed by atoms with Crippen molar-refractivity contribution in [3.05, 3.63) is 0 Å². The van der Waals surface area contributed by atoms with Crippen molar-refractivity contribution in [3.8, 4) is 0 Å². The van der Waals surface area contributed by atoms with Crippen molar-refractivity contribution in [1.82, 2.24) is 10.2 Å². The van der Waals surface area contributed by atoms with Crippen LogP contribution in [0.4, 0.5) is 0 Å². The first-order valence-corrected chi connectivity index (χ1v) is 7.54. The Morgan fingerprint density at radius 3 is 2.21 bits per heavy atom. The van der Waals surface area contributed by atoms with Gasteiger partial charge in [0, 0.05) is 19.5 Å². The van der Waals surface area contributed by atoms with Crippen LogP contribution in [0.5, 0.6) is 0 Å². The van der Waals surface area contributed by atoms with Gasteiger partial charge in [0.2, 0.25) is 11.8 Å². The Hall–Kier alpha value is -1.06. The first kappa shape index (κ1) is 16.0. The molecule has 0 aromatic carbocycles. The van der Waals surface area contributed by atoms with E-state index in [4.69, 9.17) is 0 Å². The second kappa shape index (κ2) is 8.18. The Balaban J connectivity index is 2.40. The maximum atomic E-state index is 12.0. The molecule has 1 N–H and O–H groups in total. The molecular weight excluding hydrogens is 240 g/mol. The Kier molecular flexibility index (Phi) is 6.89. The fraction of sp³-hybridized carbons (Fsp3) is 0.867. The quantitative estimate of drug-likeness (QED) is 0.778. The van der Waals surface area contributed by atoms with Crippen LogP contribution >= 0.6 is 0 Å². The molecule has 0 aromatic rings. The summed E-state index contributed by atoms with van der Waals surface area (Å²) in [6, 6.07) is 0.308. The summed E-state index contributed by atoms with van der Waals surface area (Å²) in [4.78, 5) is 25.2. The minimum atomic E-state index is -0.0234. The van der Waals surface area contributed by atoms with Gasteiger partial charge in [-0.25, -0.2) is 0 Å². The lowest BCUT2D eigenvalue weighted by Crippen LogP contribution is -2.44. The van der Waals surface area contributed by atoms with Gasteiger partial charge in [-0.2, -0.15) is 0 Å². The van der Waals surface area contributed by atoms with Crippen molar-refractivity contribution < 1.29 is 9.59 Å². The van der Waals surface area contributed by atoms with Gasteiger partial charge in [-0.3, -0.25) is 9.59 Å². The zero-order valence-electron chi connectivity index (χ0n) is 12.6. The molecule has 110 valence electrons. The van der Waals surface area contributed by atoms with Gasteiger partial charge in [-0.05, 0) is 18.8 Å². The summed E-state index contributed by atoms with van der Waals surface area (Å²) in [7, 11) is 0. The number of hydrogen-bond acceptors (Lipinski definition) is 2. The van der Waals surface area contributed by atoms with E-state index in [0.717, 1.165) is 12.8 Å². The SMILES string of the molecule is CC(=O)N(CC(=O)NC1CCCCCC1)CC(C)C. The average molecular weight is 268 g/mol. The predicted octanol–water partition coefficient (Wildman–Crippen LogP) is 2.33. The number of hydrogen-bond donors (Lipinski definition) is 1. The number of amides is 2. The summed E-state index contributed by atoms with van der Waals surface area (Å²) < 4.78 is 0. The molecule has 0 heterocycles. The Labute approximate surface area is 116 Å². The molecular formula is C15H28N2O2. The topological polar surface area (TPSA) is 49.4 Å². The highest BCUT2D eigenvalue weighted by Crippen LogP contribution is 2.17. The Bertz CT molecular complexity index is 295. The van der Waals surface area contributed by atoms with Crippen LogP contribution in [0.25, 0.3) is 0 Å². The number of carbonyl (C=O) groups is 2. The first-order valence-electron chi connectivity index (χ1n) is 7.54. The molecule has 4 nitrogen and oxygen atoms in total. The van der Waals surface area contributed by atoms with E-state index in [1.807, 2.05) is 0 Å². The molecule has 1 aliphatic carbocycles. The molecule has 4 heteroatoms. The minimum absolute atomic E-state index is 0.0113. The Morgan fingerprint density at radius 2 is 1.74 bits per heavy atom. The van der Waals surface area contributed by atoms with E-state index < -0.39 is 0 Å². The largest absolute Gasteiger partial charge is 0.352 e. The summed E-state index contributed by atoms with van der Waals surface area (Å²) in [5.74, 6) is 0.349. The molecule has 1 aliphatic rings. The normalized spacial score (nSPS) is 17.1. The second-order valence-corrected chi connectivity index (χ2v) is 6.05. The molecule has 1 fully saturated rings. The number of rotatable bonds is 5. The second-order valence-electron chi connectivity index (χ2n) is 6.05. The standard InChI is InChI=1S/C15H28N2O2/c1-12(2)10-17(13(3)18)11-15(19)16-14-8-6-4-5-7-9-14/h12,14H,4-11H2,1-3H3,(H,16,19). The van der Waals surface area contributed by atoms with Crippen molar-refractivity contribution in [1.29, 1.82) is 0 Å². The van der Waals surface area contributed by atoms with Crippen LogP contribution in [0.3, 0.4) is 0 Å². The molecule has 1 saturated carbocycles. The summed E-state index contributed by atoms with van der Waals surface area (Å²) >= 11 is 0. The van der Waals surface area contributed by atoms with Crippen molar-refractivity contribution in [2.45, 2.75) is 65.3 Å². The third kappa shape index (κ3) is 6.60. The van der Waals surface area contributed by atoms with Gasteiger partial charge < -0.3 is 10.2 Å². The molecule has 0 radical (unpaired) electrons. The van der Waals surface area contributed by atoms with Crippen molar-refractivity contribution >= 4 is 11.8 Å². The van der Waals surface area contributed by atoms with Gasteiger partial charge in [-0.15, -0.1) is 0 Å². The van der Waals surface area contributed by atoms with E-state index in [1.54, 1.807) is 4.90 Å². The highest BCUT2D eigenvalue weighted by Gasteiger charge is 2.18. The lowest BCUT2D eigenvalue weighted by atomic mass is 10.1. The van der Waals surface area contributed by atoms with Crippen molar-refractivity contribution in [3.63, 3.8) is 0 Å². The first-order chi connectivity index (χ1) is 8.99. The van der Waals surface area contributed by atoms with Gasteiger partial charge in [0.05, 0.1) is 6.54 Å². The molecule has 0 aliphatic heterocycles. The van der Waals surface area contributed by atoms with Crippen LogP contribution in [-0.4, -0.2) is 35.8 Å². The summed E-state index contributed by atoms with van der Waals surface area (Å²) in [6.45, 7) is 6.48. The fourth-order valence-corrected chi connectivity index (χ4v) is 2.62. The molecule has 1 rings (SSSR count). The lowest BCUT2D eigenvalue weighted by Gasteiger charge is -2.24. The molecule has 0 saturated heterocycles. The van der Waals surface area contributed by atoms with E-state index in [2.05, 4.69) is 19.2 Å². The van der Waals surface area contributed by atoms with Crippen molar-refractivity contribution in [2.24, 2.45) is 5.92 Å². The number of nitrogens with one attached hydrogen (secondary N) is 1. The van der Waals surface area contributed by atoms with Crippen LogP contribution in [0.2, 0.25) is 0 Å². The monoisotopic (exact) mass is 268 g/mol. The van der Waals surface area contributed by atoms with Gasteiger partial charge >= 0.3 is 0 Å². The fourth-order valence-electron chi connectivity index (χ4n) is 2.62. The van der Waals surface area contributed by atoms with Crippen LogP contribution in [0.15, 0.2) is 0 Å². The molecule has 0 bridgehead atoms. The van der Waals surface area contributed by atoms with Gasteiger partial charge in [0.25, 0.3) is 0 Å².